The Bertz CT molecular complexity index is 3720. The van der Waals surface area contributed by atoms with Crippen molar-refractivity contribution in [2.45, 2.75) is 97.8 Å². The van der Waals surface area contributed by atoms with E-state index in [1.165, 1.54) is 115 Å². The molecule has 0 atom stereocenters. The Morgan fingerprint density at radius 1 is 0.529 bits per heavy atom. The van der Waals surface area contributed by atoms with E-state index >= 15 is 0 Å². The topological polar surface area (TPSA) is 19.6 Å². The Hall–Kier alpha value is -6.56. The molecule has 0 unspecified atom stereocenters. The third-order valence-corrected chi connectivity index (χ3v) is 16.7. The largest absolute Gasteiger partial charge is 0.456 e. The van der Waals surface area contributed by atoms with Crippen LogP contribution in [0.4, 0.5) is 34.1 Å². The van der Waals surface area contributed by atoms with Gasteiger partial charge in [0, 0.05) is 54.0 Å². The summed E-state index contributed by atoms with van der Waals surface area (Å²) in [6.45, 7) is 20.8. The summed E-state index contributed by atoms with van der Waals surface area (Å²) in [6.07, 6.45) is 3.35. The zero-order valence-corrected chi connectivity index (χ0v) is 41.6. The minimum absolute atomic E-state index is 0.0113. The van der Waals surface area contributed by atoms with Crippen molar-refractivity contribution in [1.29, 1.82) is 0 Å². The second-order valence-electron chi connectivity index (χ2n) is 22.8. The zero-order chi connectivity index (χ0) is 46.6. The molecule has 0 spiro atoms. The monoisotopic (exact) mass is 900 g/mol. The van der Waals surface area contributed by atoms with Gasteiger partial charge in [0.2, 0.25) is 0 Å². The van der Waals surface area contributed by atoms with Crippen molar-refractivity contribution in [3.05, 3.63) is 173 Å². The third kappa shape index (κ3) is 6.17. The van der Waals surface area contributed by atoms with Crippen LogP contribution in [0, 0.1) is 0 Å². The molecule has 1 aliphatic carbocycles. The van der Waals surface area contributed by atoms with Gasteiger partial charge in [-0.15, -0.1) is 11.3 Å². The van der Waals surface area contributed by atoms with Crippen molar-refractivity contribution in [2.24, 2.45) is 0 Å². The molecule has 0 N–H and O–H groups in total. The molecule has 2 aromatic heterocycles. The number of furan rings is 1. The van der Waals surface area contributed by atoms with Gasteiger partial charge in [0.05, 0.1) is 11.1 Å². The molecule has 10 aromatic rings. The maximum absolute atomic E-state index is 7.08. The van der Waals surface area contributed by atoms with E-state index in [-0.39, 0.29) is 23.0 Å². The van der Waals surface area contributed by atoms with E-state index in [1.54, 1.807) is 0 Å². The number of benzene rings is 8. The highest BCUT2D eigenvalue weighted by Gasteiger charge is 2.45. The summed E-state index contributed by atoms with van der Waals surface area (Å²) in [7, 11) is 0. The fourth-order valence-corrected chi connectivity index (χ4v) is 13.1. The summed E-state index contributed by atoms with van der Waals surface area (Å²) in [5, 5.41) is 5.03. The van der Waals surface area contributed by atoms with E-state index in [0.29, 0.717) is 0 Å². The van der Waals surface area contributed by atoms with Crippen LogP contribution in [0.5, 0.6) is 0 Å². The standard InChI is InChI=1S/C63H57BN2OS/c1-61(2,3)39-21-26-42(27-22-39)65-51-32-25-41(63(7,8)9)36-50(51)64-49-31-33-54-56(48-30-20-37-14-12-16-44(37)59(48)67-54)58(49)66(43-28-23-40(24-29-43)62(4,5)6)53-35-38(34-52(65)57(53)64)45-17-13-18-47-46-15-10-11-19-55(46)68-60(45)47/h10-11,13,15,17-36H,12,14,16H2,1-9H3. The van der Waals surface area contributed by atoms with E-state index in [1.807, 2.05) is 11.3 Å². The summed E-state index contributed by atoms with van der Waals surface area (Å²) in [5.74, 6) is 0. The second-order valence-corrected chi connectivity index (χ2v) is 23.9. The highest BCUT2D eigenvalue weighted by Crippen LogP contribution is 2.51. The average molecular weight is 901 g/mol. The van der Waals surface area contributed by atoms with Gasteiger partial charge in [0.15, 0.2) is 0 Å². The summed E-state index contributed by atoms with van der Waals surface area (Å²) >= 11 is 1.91. The lowest BCUT2D eigenvalue weighted by Crippen LogP contribution is -2.61. The summed E-state index contributed by atoms with van der Waals surface area (Å²) in [6, 6.07) is 56.4. The van der Waals surface area contributed by atoms with Crippen LogP contribution in [0.15, 0.2) is 150 Å². The SMILES string of the molecule is CC(C)(C)c1ccc(N2c3ccc(C(C)(C)C)cc3B3c4ccc5oc6c7c(ccc6c5c4N(c4ccc(C(C)(C)C)cc4)c4cc(-c5cccc6c5sc5ccccc56)cc2c43)CCC7)cc1. The van der Waals surface area contributed by atoms with E-state index in [0.717, 1.165) is 35.4 Å². The molecule has 8 aromatic carbocycles. The van der Waals surface area contributed by atoms with Gasteiger partial charge in [0.25, 0.3) is 6.71 Å². The smallest absolute Gasteiger partial charge is 0.252 e. The zero-order valence-electron chi connectivity index (χ0n) is 40.8. The van der Waals surface area contributed by atoms with Gasteiger partial charge < -0.3 is 14.2 Å². The first kappa shape index (κ1) is 41.6. The molecule has 2 aliphatic heterocycles. The van der Waals surface area contributed by atoms with Crippen LogP contribution >= 0.6 is 11.3 Å². The van der Waals surface area contributed by atoms with Crippen molar-refractivity contribution in [3.63, 3.8) is 0 Å². The molecular formula is C63H57BN2OS. The maximum atomic E-state index is 7.08. The number of rotatable bonds is 3. The fourth-order valence-electron chi connectivity index (χ4n) is 11.8. The molecule has 4 heterocycles. The first-order chi connectivity index (χ1) is 32.6. The number of nitrogens with zero attached hydrogens (tertiary/aromatic N) is 2. The van der Waals surface area contributed by atoms with E-state index in [4.69, 9.17) is 4.42 Å². The molecule has 68 heavy (non-hydrogen) atoms. The molecule has 13 rings (SSSR count). The van der Waals surface area contributed by atoms with Crippen LogP contribution in [-0.4, -0.2) is 6.71 Å². The molecule has 0 radical (unpaired) electrons. The maximum Gasteiger partial charge on any atom is 0.252 e. The van der Waals surface area contributed by atoms with Crippen molar-refractivity contribution < 1.29 is 4.42 Å². The lowest BCUT2D eigenvalue weighted by molar-refractivity contribution is 0.590. The molecule has 0 saturated heterocycles. The van der Waals surface area contributed by atoms with Crippen LogP contribution in [0.25, 0.3) is 53.2 Å². The van der Waals surface area contributed by atoms with Gasteiger partial charge in [0.1, 0.15) is 11.2 Å². The Balaban J connectivity index is 1.19. The Labute approximate surface area is 405 Å². The lowest BCUT2D eigenvalue weighted by Gasteiger charge is -2.45. The highest BCUT2D eigenvalue weighted by atomic mass is 32.1. The van der Waals surface area contributed by atoms with Crippen LogP contribution in [0.3, 0.4) is 0 Å². The van der Waals surface area contributed by atoms with Gasteiger partial charge in [-0.05, 0) is 145 Å². The fraction of sp³-hybridized carbons (Fsp3) is 0.238. The highest BCUT2D eigenvalue weighted by molar-refractivity contribution is 7.26. The van der Waals surface area contributed by atoms with E-state index in [2.05, 4.69) is 218 Å². The minimum atomic E-state index is -0.0481. The first-order valence-corrected chi connectivity index (χ1v) is 25.5. The molecule has 5 heteroatoms. The lowest BCUT2D eigenvalue weighted by atomic mass is 9.33. The predicted octanol–water partition coefficient (Wildman–Crippen LogP) is 16.1. The quantitative estimate of drug-likeness (QED) is 0.165. The number of fused-ring (bicyclic) bond motifs is 13. The number of anilines is 6. The average Bonchev–Trinajstić information content (AvgIpc) is 4.06. The summed E-state index contributed by atoms with van der Waals surface area (Å²) < 4.78 is 9.71. The summed E-state index contributed by atoms with van der Waals surface area (Å²) in [4.78, 5) is 5.20. The van der Waals surface area contributed by atoms with Crippen molar-refractivity contribution in [2.75, 3.05) is 9.80 Å². The normalized spacial score (nSPS) is 14.6. The van der Waals surface area contributed by atoms with Crippen LogP contribution in [0.2, 0.25) is 0 Å². The predicted molar refractivity (Wildman–Crippen MR) is 294 cm³/mol. The van der Waals surface area contributed by atoms with Gasteiger partial charge in [-0.25, -0.2) is 0 Å². The van der Waals surface area contributed by atoms with Crippen molar-refractivity contribution in [3.8, 4) is 11.1 Å². The number of aryl methyl sites for hydroxylation is 2. The van der Waals surface area contributed by atoms with Crippen LogP contribution in [0.1, 0.15) is 96.6 Å². The van der Waals surface area contributed by atoms with Crippen LogP contribution < -0.4 is 26.2 Å². The Morgan fingerprint density at radius 2 is 1.18 bits per heavy atom. The number of hydrogen-bond donors (Lipinski definition) is 0. The van der Waals surface area contributed by atoms with Gasteiger partial charge >= 0.3 is 0 Å². The third-order valence-electron chi connectivity index (χ3n) is 15.5. The number of hydrogen-bond acceptors (Lipinski definition) is 4. The van der Waals surface area contributed by atoms with Crippen molar-refractivity contribution >= 4 is 111 Å². The Kier molecular flexibility index (Phi) is 8.86. The van der Waals surface area contributed by atoms with Gasteiger partial charge in [-0.3, -0.25) is 0 Å². The van der Waals surface area contributed by atoms with E-state index < -0.39 is 0 Å². The molecular weight excluding hydrogens is 844 g/mol. The molecule has 0 amide bonds. The first-order valence-electron chi connectivity index (χ1n) is 24.7. The van der Waals surface area contributed by atoms with Crippen molar-refractivity contribution in [1.82, 2.24) is 0 Å². The molecule has 3 nitrogen and oxygen atoms in total. The second kappa shape index (κ2) is 14.5. The Morgan fingerprint density at radius 3 is 1.88 bits per heavy atom. The molecule has 0 fully saturated rings. The molecule has 0 saturated carbocycles. The molecule has 3 aliphatic rings. The van der Waals surface area contributed by atoms with Gasteiger partial charge in [-0.1, -0.05) is 153 Å². The molecule has 0 bridgehead atoms. The van der Waals surface area contributed by atoms with Gasteiger partial charge in [-0.2, -0.15) is 0 Å². The van der Waals surface area contributed by atoms with E-state index in [9.17, 15) is 0 Å². The summed E-state index contributed by atoms with van der Waals surface area (Å²) in [5.41, 5.74) is 22.4. The van der Waals surface area contributed by atoms with Crippen LogP contribution in [-0.2, 0) is 29.1 Å². The minimum Gasteiger partial charge on any atom is -0.456 e. The molecule has 334 valence electrons. The number of thiophene rings is 1.